The predicted octanol–water partition coefficient (Wildman–Crippen LogP) is -0.860. The van der Waals surface area contributed by atoms with Gasteiger partial charge in [-0.05, 0) is 41.8 Å². The SMILES string of the molecule is COc1ccc(CC(CSC(C)=O)C(=O)Nc2cccc(C(=O)[O-])c2)cc1.[Na+]. The largest absolute Gasteiger partial charge is 1.00 e. The van der Waals surface area contributed by atoms with Crippen molar-refractivity contribution in [3.8, 4) is 5.75 Å². The first-order chi connectivity index (χ1) is 12.9. The van der Waals surface area contributed by atoms with Crippen molar-refractivity contribution in [3.05, 3.63) is 59.7 Å². The van der Waals surface area contributed by atoms with Crippen molar-refractivity contribution in [2.75, 3.05) is 18.2 Å². The van der Waals surface area contributed by atoms with Crippen molar-refractivity contribution in [2.45, 2.75) is 13.3 Å². The van der Waals surface area contributed by atoms with E-state index in [1.165, 1.54) is 25.1 Å². The number of carbonyl (C=O) groups excluding carboxylic acids is 3. The second kappa shape index (κ2) is 11.9. The summed E-state index contributed by atoms with van der Waals surface area (Å²) in [6, 6.07) is 13.2. The van der Waals surface area contributed by atoms with Gasteiger partial charge in [0.1, 0.15) is 5.75 Å². The van der Waals surface area contributed by atoms with Gasteiger partial charge in [-0.15, -0.1) is 0 Å². The third-order valence-electron chi connectivity index (χ3n) is 3.87. The molecule has 0 saturated carbocycles. The minimum absolute atomic E-state index is 0. The van der Waals surface area contributed by atoms with E-state index in [-0.39, 0.29) is 46.1 Å². The Balaban J connectivity index is 0.00000392. The molecule has 0 aliphatic carbocycles. The molecule has 0 bridgehead atoms. The number of thioether (sulfide) groups is 1. The van der Waals surface area contributed by atoms with Crippen LogP contribution in [-0.4, -0.2) is 29.9 Å². The third kappa shape index (κ3) is 7.67. The van der Waals surface area contributed by atoms with Crippen molar-refractivity contribution in [3.63, 3.8) is 0 Å². The van der Waals surface area contributed by atoms with Crippen LogP contribution in [0.15, 0.2) is 48.5 Å². The smallest absolute Gasteiger partial charge is 0.545 e. The Bertz CT molecular complexity index is 826. The maximum Gasteiger partial charge on any atom is 1.00 e. The topological polar surface area (TPSA) is 95.5 Å². The van der Waals surface area contributed by atoms with Crippen LogP contribution in [0.25, 0.3) is 0 Å². The maximum atomic E-state index is 12.7. The van der Waals surface area contributed by atoms with E-state index < -0.39 is 11.9 Å². The molecule has 0 aliphatic rings. The van der Waals surface area contributed by atoms with Crippen LogP contribution in [0.4, 0.5) is 5.69 Å². The number of nitrogens with one attached hydrogen (secondary N) is 1. The summed E-state index contributed by atoms with van der Waals surface area (Å²) in [5, 5.41) is 13.6. The van der Waals surface area contributed by atoms with Gasteiger partial charge in [-0.3, -0.25) is 9.59 Å². The summed E-state index contributed by atoms with van der Waals surface area (Å²) in [5.74, 6) is -1.01. The zero-order chi connectivity index (χ0) is 19.8. The van der Waals surface area contributed by atoms with Crippen molar-refractivity contribution >= 4 is 34.4 Å². The van der Waals surface area contributed by atoms with Gasteiger partial charge in [-0.25, -0.2) is 0 Å². The summed E-state index contributed by atoms with van der Waals surface area (Å²) in [7, 11) is 1.58. The van der Waals surface area contributed by atoms with Crippen LogP contribution in [0.5, 0.6) is 5.75 Å². The fourth-order valence-corrected chi connectivity index (χ4v) is 3.16. The number of hydrogen-bond donors (Lipinski definition) is 1. The van der Waals surface area contributed by atoms with E-state index in [1.807, 2.05) is 24.3 Å². The standard InChI is InChI=1S/C20H21NO5S.Na/c1-13(22)27-12-16(10-14-6-8-18(26-2)9-7-14)19(23)21-17-5-3-4-15(11-17)20(24)25;/h3-9,11,16H,10,12H2,1-2H3,(H,21,23)(H,24,25);/q;+1/p-1. The molecule has 0 aliphatic heterocycles. The maximum absolute atomic E-state index is 12.7. The first-order valence-corrected chi connectivity index (χ1v) is 9.26. The van der Waals surface area contributed by atoms with E-state index in [9.17, 15) is 19.5 Å². The Hall–Kier alpha value is -1.80. The van der Waals surface area contributed by atoms with E-state index in [0.29, 0.717) is 17.9 Å². The molecule has 8 heteroatoms. The van der Waals surface area contributed by atoms with Crippen LogP contribution in [0.1, 0.15) is 22.8 Å². The number of carboxylic acids is 1. The van der Waals surface area contributed by atoms with Crippen LogP contribution in [0, 0.1) is 5.92 Å². The van der Waals surface area contributed by atoms with E-state index in [0.717, 1.165) is 23.1 Å². The second-order valence-electron chi connectivity index (χ2n) is 5.91. The van der Waals surface area contributed by atoms with Gasteiger partial charge >= 0.3 is 29.6 Å². The van der Waals surface area contributed by atoms with Crippen LogP contribution >= 0.6 is 11.8 Å². The fraction of sp³-hybridized carbons (Fsp3) is 0.250. The van der Waals surface area contributed by atoms with Gasteiger partial charge in [0.2, 0.25) is 5.91 Å². The van der Waals surface area contributed by atoms with Crippen LogP contribution < -0.4 is 44.7 Å². The Morgan fingerprint density at radius 1 is 1.14 bits per heavy atom. The van der Waals surface area contributed by atoms with Gasteiger partial charge in [0, 0.05) is 18.4 Å². The third-order valence-corrected chi connectivity index (χ3v) is 4.84. The molecule has 1 atom stereocenters. The molecule has 2 aromatic carbocycles. The Morgan fingerprint density at radius 3 is 2.39 bits per heavy atom. The molecule has 0 aromatic heterocycles. The molecule has 0 heterocycles. The van der Waals surface area contributed by atoms with Crippen molar-refractivity contribution in [1.82, 2.24) is 0 Å². The van der Waals surface area contributed by atoms with Crippen molar-refractivity contribution < 1.29 is 53.8 Å². The summed E-state index contributed by atoms with van der Waals surface area (Å²) < 4.78 is 5.13. The number of methoxy groups -OCH3 is 1. The number of carbonyl (C=O) groups is 3. The molecule has 0 fully saturated rings. The molecule has 2 rings (SSSR count). The molecule has 0 spiro atoms. The van der Waals surface area contributed by atoms with Gasteiger partial charge in [0.25, 0.3) is 0 Å². The number of anilines is 1. The zero-order valence-electron chi connectivity index (χ0n) is 16.1. The minimum Gasteiger partial charge on any atom is -0.545 e. The van der Waals surface area contributed by atoms with Gasteiger partial charge in [-0.1, -0.05) is 36.0 Å². The molecular weight excluding hydrogens is 389 g/mol. The van der Waals surface area contributed by atoms with Gasteiger partial charge in [-0.2, -0.15) is 0 Å². The summed E-state index contributed by atoms with van der Waals surface area (Å²) in [6.45, 7) is 1.45. The Labute approximate surface area is 190 Å². The second-order valence-corrected chi connectivity index (χ2v) is 7.11. The van der Waals surface area contributed by atoms with Crippen molar-refractivity contribution in [1.29, 1.82) is 0 Å². The monoisotopic (exact) mass is 409 g/mol. The number of carboxylic acid groups (broad SMARTS) is 1. The molecule has 1 N–H and O–H groups in total. The number of benzene rings is 2. The zero-order valence-corrected chi connectivity index (χ0v) is 18.9. The van der Waals surface area contributed by atoms with Crippen LogP contribution in [0.2, 0.25) is 0 Å². The number of rotatable bonds is 8. The first kappa shape index (κ1) is 24.2. The first-order valence-electron chi connectivity index (χ1n) is 8.27. The molecule has 0 saturated heterocycles. The molecule has 28 heavy (non-hydrogen) atoms. The normalized spacial score (nSPS) is 11.1. The van der Waals surface area contributed by atoms with Crippen molar-refractivity contribution in [2.24, 2.45) is 5.92 Å². The molecule has 6 nitrogen and oxygen atoms in total. The summed E-state index contributed by atoms with van der Waals surface area (Å²) in [4.78, 5) is 35.0. The molecule has 1 amide bonds. The van der Waals surface area contributed by atoms with Crippen LogP contribution in [-0.2, 0) is 16.0 Å². The Kier molecular flexibility index (Phi) is 10.3. The predicted molar refractivity (Wildman–Crippen MR) is 103 cm³/mol. The minimum atomic E-state index is -1.31. The average molecular weight is 409 g/mol. The van der Waals surface area contributed by atoms with E-state index in [4.69, 9.17) is 4.74 Å². The summed E-state index contributed by atoms with van der Waals surface area (Å²) >= 11 is 1.08. The van der Waals surface area contributed by atoms with E-state index >= 15 is 0 Å². The van der Waals surface area contributed by atoms with Gasteiger partial charge in [0.15, 0.2) is 5.12 Å². The van der Waals surface area contributed by atoms with Gasteiger partial charge in [0.05, 0.1) is 19.0 Å². The quantitative estimate of drug-likeness (QED) is 0.570. The van der Waals surface area contributed by atoms with E-state index in [1.54, 1.807) is 13.2 Å². The number of hydrogen-bond acceptors (Lipinski definition) is 6. The average Bonchev–Trinajstić information content (AvgIpc) is 2.65. The summed E-state index contributed by atoms with van der Waals surface area (Å²) in [5.41, 5.74) is 1.29. The summed E-state index contributed by atoms with van der Waals surface area (Å²) in [6.07, 6.45) is 0.441. The number of amides is 1. The molecule has 2 aromatic rings. The Morgan fingerprint density at radius 2 is 1.82 bits per heavy atom. The molecule has 142 valence electrons. The van der Waals surface area contributed by atoms with Crippen LogP contribution in [0.3, 0.4) is 0 Å². The number of ether oxygens (including phenoxy) is 1. The molecular formula is C20H20NNaO5S. The molecule has 1 unspecified atom stereocenters. The molecule has 0 radical (unpaired) electrons. The fourth-order valence-electron chi connectivity index (χ4n) is 2.46. The number of aromatic carboxylic acids is 1. The van der Waals surface area contributed by atoms with Gasteiger partial charge < -0.3 is 20.0 Å². The van der Waals surface area contributed by atoms with E-state index in [2.05, 4.69) is 5.32 Å².